The van der Waals surface area contributed by atoms with Crippen molar-refractivity contribution < 1.29 is 0 Å². The summed E-state index contributed by atoms with van der Waals surface area (Å²) in [4.78, 5) is 0. The first kappa shape index (κ1) is 19.0. The number of unbranched alkanes of at least 4 members (excludes halogenated alkanes) is 7. The van der Waals surface area contributed by atoms with Crippen molar-refractivity contribution >= 4 is 18.4 Å². The van der Waals surface area contributed by atoms with E-state index < -0.39 is 8.07 Å². The Hall–Kier alpha value is -1.34. The molecule has 0 atom stereocenters. The SMILES string of the molecule is CCCCCCCCCC[Si](C)(c1ccccc1)c1ccccc1. The second-order valence-electron chi connectivity index (χ2n) is 7.29. The van der Waals surface area contributed by atoms with Gasteiger partial charge in [0.15, 0.2) is 0 Å². The molecular formula is C23H34Si. The van der Waals surface area contributed by atoms with Crippen LogP contribution in [0.25, 0.3) is 0 Å². The van der Waals surface area contributed by atoms with Crippen molar-refractivity contribution in [3.63, 3.8) is 0 Å². The Bertz CT molecular complexity index is 507. The van der Waals surface area contributed by atoms with Gasteiger partial charge in [0, 0.05) is 0 Å². The Morgan fingerprint density at radius 2 is 1.00 bits per heavy atom. The maximum atomic E-state index is 2.55. The first-order valence-corrected chi connectivity index (χ1v) is 12.6. The molecule has 2 rings (SSSR count). The van der Waals surface area contributed by atoms with Gasteiger partial charge >= 0.3 is 0 Å². The van der Waals surface area contributed by atoms with E-state index in [1.165, 1.54) is 57.4 Å². The van der Waals surface area contributed by atoms with Crippen molar-refractivity contribution in [2.75, 3.05) is 0 Å². The monoisotopic (exact) mass is 338 g/mol. The van der Waals surface area contributed by atoms with Crippen molar-refractivity contribution in [3.05, 3.63) is 60.7 Å². The average molecular weight is 339 g/mol. The minimum absolute atomic E-state index is 1.35. The highest BCUT2D eigenvalue weighted by Crippen LogP contribution is 2.17. The van der Waals surface area contributed by atoms with Gasteiger partial charge in [-0.1, -0.05) is 136 Å². The molecule has 0 saturated heterocycles. The zero-order valence-corrected chi connectivity index (χ0v) is 16.6. The van der Waals surface area contributed by atoms with Crippen LogP contribution in [0.3, 0.4) is 0 Å². The van der Waals surface area contributed by atoms with E-state index in [4.69, 9.17) is 0 Å². The predicted molar refractivity (Wildman–Crippen MR) is 111 cm³/mol. The molecule has 0 radical (unpaired) electrons. The molecule has 0 fully saturated rings. The molecule has 24 heavy (non-hydrogen) atoms. The molecule has 130 valence electrons. The van der Waals surface area contributed by atoms with E-state index in [9.17, 15) is 0 Å². The molecule has 2 aromatic carbocycles. The van der Waals surface area contributed by atoms with Crippen LogP contribution in [0.2, 0.25) is 12.6 Å². The molecular weight excluding hydrogens is 304 g/mol. The summed E-state index contributed by atoms with van der Waals surface area (Å²) in [5, 5.41) is 3.17. The van der Waals surface area contributed by atoms with Crippen molar-refractivity contribution in [3.8, 4) is 0 Å². The Morgan fingerprint density at radius 1 is 0.583 bits per heavy atom. The summed E-state index contributed by atoms with van der Waals surface area (Å²) in [6, 6.07) is 23.9. The minimum Gasteiger partial charge on any atom is -0.0654 e. The lowest BCUT2D eigenvalue weighted by molar-refractivity contribution is 0.584. The van der Waals surface area contributed by atoms with E-state index in [0.717, 1.165) is 0 Å². The van der Waals surface area contributed by atoms with Gasteiger partial charge in [-0.2, -0.15) is 0 Å². The van der Waals surface area contributed by atoms with Gasteiger partial charge < -0.3 is 0 Å². The summed E-state index contributed by atoms with van der Waals surface area (Å²) in [6.07, 6.45) is 11.2. The zero-order chi connectivity index (χ0) is 17.1. The highest BCUT2D eigenvalue weighted by atomic mass is 28.3. The van der Waals surface area contributed by atoms with Crippen LogP contribution in [0.15, 0.2) is 60.7 Å². The third kappa shape index (κ3) is 5.63. The second-order valence-corrected chi connectivity index (χ2v) is 11.6. The lowest BCUT2D eigenvalue weighted by atomic mass is 10.1. The number of rotatable bonds is 11. The Kier molecular flexibility index (Phi) is 8.31. The van der Waals surface area contributed by atoms with Crippen LogP contribution in [-0.4, -0.2) is 8.07 Å². The normalized spacial score (nSPS) is 11.6. The number of hydrogen-bond donors (Lipinski definition) is 0. The van der Waals surface area contributed by atoms with Gasteiger partial charge in [-0.25, -0.2) is 0 Å². The van der Waals surface area contributed by atoms with E-state index in [1.54, 1.807) is 10.4 Å². The lowest BCUT2D eigenvalue weighted by Gasteiger charge is -2.29. The molecule has 0 aliphatic carbocycles. The van der Waals surface area contributed by atoms with E-state index >= 15 is 0 Å². The molecule has 0 heterocycles. The number of benzene rings is 2. The van der Waals surface area contributed by atoms with Crippen LogP contribution in [0.5, 0.6) is 0 Å². The summed E-state index contributed by atoms with van der Waals surface area (Å²) < 4.78 is 0. The van der Waals surface area contributed by atoms with Crippen LogP contribution >= 0.6 is 0 Å². The second kappa shape index (κ2) is 10.5. The Morgan fingerprint density at radius 3 is 1.46 bits per heavy atom. The van der Waals surface area contributed by atoms with Gasteiger partial charge in [-0.15, -0.1) is 0 Å². The quantitative estimate of drug-likeness (QED) is 0.347. The fourth-order valence-electron chi connectivity index (χ4n) is 3.68. The first-order chi connectivity index (χ1) is 11.8. The van der Waals surface area contributed by atoms with E-state index in [-0.39, 0.29) is 0 Å². The van der Waals surface area contributed by atoms with Crippen molar-refractivity contribution in [1.82, 2.24) is 0 Å². The largest absolute Gasteiger partial charge is 0.115 e. The van der Waals surface area contributed by atoms with E-state index in [1.807, 2.05) is 0 Å². The zero-order valence-electron chi connectivity index (χ0n) is 15.6. The fourth-order valence-corrected chi connectivity index (χ4v) is 7.40. The van der Waals surface area contributed by atoms with Crippen LogP contribution in [0.1, 0.15) is 58.3 Å². The summed E-state index contributed by atoms with van der Waals surface area (Å²) in [6.45, 7) is 4.84. The smallest absolute Gasteiger partial charge is 0.0654 e. The maximum absolute atomic E-state index is 2.55. The molecule has 1 heteroatoms. The third-order valence-electron chi connectivity index (χ3n) is 5.35. The molecule has 0 aliphatic heterocycles. The fraction of sp³-hybridized carbons (Fsp3) is 0.478. The van der Waals surface area contributed by atoms with Crippen LogP contribution < -0.4 is 10.4 Å². The van der Waals surface area contributed by atoms with Crippen LogP contribution in [-0.2, 0) is 0 Å². The first-order valence-electron chi connectivity index (χ1n) is 9.88. The van der Waals surface area contributed by atoms with Gasteiger partial charge in [0.05, 0.1) is 0 Å². The molecule has 2 aromatic rings. The highest BCUT2D eigenvalue weighted by Gasteiger charge is 2.30. The maximum Gasteiger partial charge on any atom is 0.115 e. The summed E-state index contributed by atoms with van der Waals surface area (Å²) in [5.41, 5.74) is 0. The number of hydrogen-bond acceptors (Lipinski definition) is 0. The molecule has 0 spiro atoms. The molecule has 0 nitrogen and oxygen atoms in total. The topological polar surface area (TPSA) is 0 Å². The van der Waals surface area contributed by atoms with Gasteiger partial charge in [0.2, 0.25) is 0 Å². The van der Waals surface area contributed by atoms with Crippen molar-refractivity contribution in [2.45, 2.75) is 70.9 Å². The van der Waals surface area contributed by atoms with Crippen LogP contribution in [0.4, 0.5) is 0 Å². The minimum atomic E-state index is -1.58. The van der Waals surface area contributed by atoms with Crippen molar-refractivity contribution in [2.24, 2.45) is 0 Å². The van der Waals surface area contributed by atoms with E-state index in [0.29, 0.717) is 0 Å². The molecule has 0 aromatic heterocycles. The third-order valence-corrected chi connectivity index (χ3v) is 9.92. The Balaban J connectivity index is 1.91. The molecule has 0 N–H and O–H groups in total. The summed E-state index contributed by atoms with van der Waals surface area (Å²) in [5.74, 6) is 0. The molecule has 0 bridgehead atoms. The Labute approximate surface area is 150 Å². The van der Waals surface area contributed by atoms with Gasteiger partial charge in [0.1, 0.15) is 8.07 Å². The lowest BCUT2D eigenvalue weighted by Crippen LogP contribution is -2.55. The molecule has 0 saturated carbocycles. The van der Waals surface area contributed by atoms with E-state index in [2.05, 4.69) is 74.1 Å². The summed E-state index contributed by atoms with van der Waals surface area (Å²) >= 11 is 0. The molecule has 0 unspecified atom stereocenters. The highest BCUT2D eigenvalue weighted by molar-refractivity contribution is 7.01. The van der Waals surface area contributed by atoms with Crippen molar-refractivity contribution in [1.29, 1.82) is 0 Å². The van der Waals surface area contributed by atoms with Gasteiger partial charge in [0.25, 0.3) is 0 Å². The standard InChI is InChI=1S/C23H34Si/c1-3-4-5-6-7-8-9-16-21-24(2,22-17-12-10-13-18-22)23-19-14-11-15-20-23/h10-15,17-20H,3-9,16,21H2,1-2H3. The predicted octanol–water partition coefficient (Wildman–Crippen LogP) is 6.02. The molecule has 0 amide bonds. The van der Waals surface area contributed by atoms with Gasteiger partial charge in [-0.05, 0) is 6.04 Å². The summed E-state index contributed by atoms with van der Waals surface area (Å²) in [7, 11) is -1.58. The molecule has 0 aliphatic rings. The van der Waals surface area contributed by atoms with Gasteiger partial charge in [-0.3, -0.25) is 0 Å². The average Bonchev–Trinajstić information content (AvgIpc) is 2.65. The van der Waals surface area contributed by atoms with Crippen LogP contribution in [0, 0.1) is 0 Å².